The highest BCUT2D eigenvalue weighted by Gasteiger charge is 2.38. The van der Waals surface area contributed by atoms with Gasteiger partial charge in [-0.15, -0.1) is 0 Å². The van der Waals surface area contributed by atoms with Crippen molar-refractivity contribution in [3.05, 3.63) is 32.8 Å². The third kappa shape index (κ3) is 3.97. The van der Waals surface area contributed by atoms with E-state index >= 15 is 0 Å². The summed E-state index contributed by atoms with van der Waals surface area (Å²) in [7, 11) is 1.60. The summed E-state index contributed by atoms with van der Waals surface area (Å²) in [6.07, 6.45) is 1.09. The van der Waals surface area contributed by atoms with Crippen LogP contribution in [0, 0.1) is 32.1 Å². The summed E-state index contributed by atoms with van der Waals surface area (Å²) in [4.78, 5) is 17.6. The Morgan fingerprint density at radius 2 is 1.96 bits per heavy atom. The number of rotatable bonds is 4. The molecule has 1 heterocycles. The molecule has 0 amide bonds. The molecule has 0 atom stereocenters. The molecule has 1 aromatic rings. The summed E-state index contributed by atoms with van der Waals surface area (Å²) in [5.74, 6) is -0.357. The number of hydroxylamine groups is 2. The lowest BCUT2D eigenvalue weighted by Gasteiger charge is -2.35. The van der Waals surface area contributed by atoms with Crippen molar-refractivity contribution < 1.29 is 14.4 Å². The van der Waals surface area contributed by atoms with Gasteiger partial charge < -0.3 is 9.57 Å². The highest BCUT2D eigenvalue weighted by molar-refractivity contribution is 9.10. The molecule has 0 aromatic heterocycles. The van der Waals surface area contributed by atoms with E-state index in [9.17, 15) is 10.1 Å². The number of esters is 1. The van der Waals surface area contributed by atoms with Crippen LogP contribution in [0.5, 0.6) is 0 Å². The zero-order chi connectivity index (χ0) is 17.9. The van der Waals surface area contributed by atoms with Gasteiger partial charge in [-0.05, 0) is 43.0 Å². The molecule has 0 unspecified atom stereocenters. The van der Waals surface area contributed by atoms with Crippen LogP contribution in [0.15, 0.2) is 10.5 Å². The van der Waals surface area contributed by atoms with Crippen LogP contribution < -0.4 is 0 Å². The van der Waals surface area contributed by atoms with Gasteiger partial charge in [0.1, 0.15) is 6.07 Å². The third-order valence-corrected chi connectivity index (χ3v) is 5.88. The first-order valence-corrected chi connectivity index (χ1v) is 8.78. The van der Waals surface area contributed by atoms with E-state index in [0.717, 1.165) is 26.7 Å². The van der Waals surface area contributed by atoms with Crippen molar-refractivity contribution in [3.63, 3.8) is 0 Å². The van der Waals surface area contributed by atoms with Crippen LogP contribution in [0.1, 0.15) is 35.1 Å². The molecule has 0 N–H and O–H groups in total. The predicted octanol–water partition coefficient (Wildman–Crippen LogP) is 3.38. The summed E-state index contributed by atoms with van der Waals surface area (Å²) >= 11 is 3.57. The lowest BCUT2D eigenvalue weighted by Crippen LogP contribution is -2.46. The summed E-state index contributed by atoms with van der Waals surface area (Å²) in [5.41, 5.74) is 3.16. The molecule has 0 radical (unpaired) electrons. The number of nitriles is 1. The first-order valence-electron chi connectivity index (χ1n) is 7.99. The van der Waals surface area contributed by atoms with Crippen LogP contribution in [0.3, 0.4) is 0 Å². The van der Waals surface area contributed by atoms with Crippen LogP contribution in [0.25, 0.3) is 0 Å². The smallest absolute Gasteiger partial charge is 0.311 e. The van der Waals surface area contributed by atoms with Crippen molar-refractivity contribution in [1.82, 2.24) is 5.06 Å². The fourth-order valence-electron chi connectivity index (χ4n) is 3.14. The molecule has 24 heavy (non-hydrogen) atoms. The molecule has 2 rings (SSSR count). The molecule has 130 valence electrons. The summed E-state index contributed by atoms with van der Waals surface area (Å²) < 4.78 is 6.62. The average Bonchev–Trinajstić information content (AvgIpc) is 2.57. The average molecular weight is 395 g/mol. The third-order valence-electron chi connectivity index (χ3n) is 4.66. The minimum absolute atomic E-state index is 0.175. The van der Waals surface area contributed by atoms with Crippen molar-refractivity contribution in [3.8, 4) is 6.07 Å². The van der Waals surface area contributed by atoms with E-state index in [1.54, 1.807) is 12.2 Å². The SMILES string of the molecule is CON1CCC(C#N)(OC(=O)Cc2c(C)cc(C)c(Br)c2C)CC1. The Kier molecular flexibility index (Phi) is 6.02. The number of hydrogen-bond donors (Lipinski definition) is 0. The number of ether oxygens (including phenoxy) is 1. The van der Waals surface area contributed by atoms with Gasteiger partial charge in [-0.3, -0.25) is 4.79 Å². The van der Waals surface area contributed by atoms with Crippen LogP contribution in [-0.2, 0) is 20.8 Å². The Labute approximate surface area is 151 Å². The number of nitrogens with zero attached hydrogens (tertiary/aromatic N) is 2. The number of halogens is 1. The maximum atomic E-state index is 12.5. The highest BCUT2D eigenvalue weighted by atomic mass is 79.9. The quantitative estimate of drug-likeness (QED) is 0.732. The Hall–Kier alpha value is -1.42. The van der Waals surface area contributed by atoms with Crippen LogP contribution in [-0.4, -0.2) is 36.8 Å². The maximum Gasteiger partial charge on any atom is 0.311 e. The summed E-state index contributed by atoms with van der Waals surface area (Å²) in [5, 5.41) is 11.3. The molecule has 1 saturated heterocycles. The van der Waals surface area contributed by atoms with Gasteiger partial charge >= 0.3 is 5.97 Å². The molecule has 5 nitrogen and oxygen atoms in total. The van der Waals surface area contributed by atoms with Crippen molar-refractivity contribution in [2.75, 3.05) is 20.2 Å². The number of benzene rings is 1. The van der Waals surface area contributed by atoms with E-state index in [1.165, 1.54) is 0 Å². The molecule has 6 heteroatoms. The molecule has 1 fully saturated rings. The van der Waals surface area contributed by atoms with E-state index in [2.05, 4.69) is 28.1 Å². The second-order valence-corrected chi connectivity index (χ2v) is 7.09. The molecule has 1 aromatic carbocycles. The van der Waals surface area contributed by atoms with Crippen molar-refractivity contribution in [2.45, 2.75) is 45.6 Å². The number of carbonyl (C=O) groups is 1. The van der Waals surface area contributed by atoms with E-state index in [4.69, 9.17) is 9.57 Å². The van der Waals surface area contributed by atoms with Crippen molar-refractivity contribution in [1.29, 1.82) is 5.26 Å². The van der Waals surface area contributed by atoms with Crippen LogP contribution in [0.4, 0.5) is 0 Å². The zero-order valence-electron chi connectivity index (χ0n) is 14.6. The van der Waals surface area contributed by atoms with Crippen molar-refractivity contribution in [2.24, 2.45) is 0 Å². The van der Waals surface area contributed by atoms with Gasteiger partial charge in [-0.1, -0.05) is 22.0 Å². The normalized spacial score (nSPS) is 17.3. The predicted molar refractivity (Wildman–Crippen MR) is 94.3 cm³/mol. The monoisotopic (exact) mass is 394 g/mol. The highest BCUT2D eigenvalue weighted by Crippen LogP contribution is 2.30. The first-order chi connectivity index (χ1) is 11.3. The Morgan fingerprint density at radius 1 is 1.33 bits per heavy atom. The molecule has 0 spiro atoms. The first kappa shape index (κ1) is 18.9. The van der Waals surface area contributed by atoms with Gasteiger partial charge in [0.25, 0.3) is 0 Å². The van der Waals surface area contributed by atoms with Gasteiger partial charge in [0.15, 0.2) is 5.60 Å². The standard InChI is InChI=1S/C18H23BrN2O3/c1-12-9-13(2)17(19)14(3)15(12)10-16(22)24-18(11-20)5-7-21(23-4)8-6-18/h9H,5-8,10H2,1-4H3. The van der Waals surface area contributed by atoms with Gasteiger partial charge in [0.2, 0.25) is 0 Å². The molecule has 1 aliphatic rings. The summed E-state index contributed by atoms with van der Waals surface area (Å²) in [6, 6.07) is 4.25. The largest absolute Gasteiger partial charge is 0.443 e. The molecule has 0 aliphatic carbocycles. The Morgan fingerprint density at radius 3 is 2.50 bits per heavy atom. The lowest BCUT2D eigenvalue weighted by molar-refractivity contribution is -0.182. The van der Waals surface area contributed by atoms with Gasteiger partial charge in [-0.25, -0.2) is 0 Å². The van der Waals surface area contributed by atoms with Crippen molar-refractivity contribution >= 4 is 21.9 Å². The number of aryl methyl sites for hydroxylation is 2. The van der Waals surface area contributed by atoms with Crippen LogP contribution >= 0.6 is 15.9 Å². The molecule has 1 aliphatic heterocycles. The zero-order valence-corrected chi connectivity index (χ0v) is 16.2. The van der Waals surface area contributed by atoms with E-state index in [-0.39, 0.29) is 12.4 Å². The lowest BCUT2D eigenvalue weighted by atomic mass is 9.93. The topological polar surface area (TPSA) is 62.6 Å². The Bertz CT molecular complexity index is 674. The Balaban J connectivity index is 2.11. The van der Waals surface area contributed by atoms with Crippen LogP contribution in [0.2, 0.25) is 0 Å². The van der Waals surface area contributed by atoms with Gasteiger partial charge in [-0.2, -0.15) is 10.3 Å². The minimum atomic E-state index is -1.05. The number of hydrogen-bond acceptors (Lipinski definition) is 5. The maximum absolute atomic E-state index is 12.5. The fourth-order valence-corrected chi connectivity index (χ4v) is 3.49. The molecular formula is C18H23BrN2O3. The molecular weight excluding hydrogens is 372 g/mol. The van der Waals surface area contributed by atoms with Gasteiger partial charge in [0, 0.05) is 30.4 Å². The van der Waals surface area contributed by atoms with Gasteiger partial charge in [0.05, 0.1) is 13.5 Å². The number of piperidine rings is 1. The summed E-state index contributed by atoms with van der Waals surface area (Å²) in [6.45, 7) is 7.16. The fraction of sp³-hybridized carbons (Fsp3) is 0.556. The molecule has 0 bridgehead atoms. The number of carbonyl (C=O) groups excluding carboxylic acids is 1. The second-order valence-electron chi connectivity index (χ2n) is 6.30. The van der Waals surface area contributed by atoms with E-state index in [0.29, 0.717) is 25.9 Å². The second kappa shape index (κ2) is 7.64. The molecule has 0 saturated carbocycles. The van der Waals surface area contributed by atoms with E-state index < -0.39 is 5.60 Å². The van der Waals surface area contributed by atoms with E-state index in [1.807, 2.05) is 20.8 Å². The minimum Gasteiger partial charge on any atom is -0.443 e.